The second-order valence-corrected chi connectivity index (χ2v) is 4.53. The lowest BCUT2D eigenvalue weighted by atomic mass is 10.1. The van der Waals surface area contributed by atoms with Gasteiger partial charge in [0.1, 0.15) is 18.0 Å². The average molecular weight is 289 g/mol. The summed E-state index contributed by atoms with van der Waals surface area (Å²) in [4.78, 5) is 25.2. The molecule has 21 heavy (non-hydrogen) atoms. The smallest absolute Gasteiger partial charge is 0.290 e. The molecular weight excluding hydrogens is 270 g/mol. The molecule has 0 fully saturated rings. The Morgan fingerprint density at radius 2 is 1.76 bits per heavy atom. The van der Waals surface area contributed by atoms with Crippen molar-refractivity contribution in [3.8, 4) is 11.3 Å². The maximum absolute atomic E-state index is 8.36. The molecule has 0 amide bonds. The quantitative estimate of drug-likeness (QED) is 0.854. The van der Waals surface area contributed by atoms with E-state index in [1.54, 1.807) is 12.5 Å². The molecule has 0 atom stereocenters. The maximum atomic E-state index is 8.36. The van der Waals surface area contributed by atoms with Crippen LogP contribution in [0.5, 0.6) is 0 Å². The van der Waals surface area contributed by atoms with Crippen molar-refractivity contribution in [2.75, 3.05) is 38.0 Å². The molecule has 0 aliphatic carbocycles. The van der Waals surface area contributed by atoms with Gasteiger partial charge in [-0.15, -0.1) is 0 Å². The summed E-state index contributed by atoms with van der Waals surface area (Å²) in [6.07, 6.45) is 3.37. The number of carboxylic acid groups (broad SMARTS) is 1. The molecule has 1 N–H and O–H groups in total. The van der Waals surface area contributed by atoms with Gasteiger partial charge in [0, 0.05) is 46.0 Å². The van der Waals surface area contributed by atoms with Crippen molar-refractivity contribution in [3.63, 3.8) is 0 Å². The van der Waals surface area contributed by atoms with E-state index in [9.17, 15) is 0 Å². The number of carbonyl (C=O) groups is 1. The number of aromatic nitrogens is 3. The van der Waals surface area contributed by atoms with Gasteiger partial charge in [-0.2, -0.15) is 0 Å². The van der Waals surface area contributed by atoms with Gasteiger partial charge < -0.3 is 14.9 Å². The van der Waals surface area contributed by atoms with E-state index < -0.39 is 0 Å². The van der Waals surface area contributed by atoms with Crippen LogP contribution in [0.15, 0.2) is 30.7 Å². The van der Waals surface area contributed by atoms with E-state index in [2.05, 4.69) is 15.0 Å². The highest BCUT2D eigenvalue weighted by Gasteiger charge is 2.10. The highest BCUT2D eigenvalue weighted by molar-refractivity contribution is 5.74. The van der Waals surface area contributed by atoms with Crippen LogP contribution in [0.1, 0.15) is 0 Å². The summed E-state index contributed by atoms with van der Waals surface area (Å²) in [5, 5.41) is 6.89. The van der Waals surface area contributed by atoms with E-state index in [1.807, 2.05) is 56.2 Å². The zero-order valence-electron chi connectivity index (χ0n) is 12.6. The van der Waals surface area contributed by atoms with E-state index in [1.165, 1.54) is 0 Å². The second kappa shape index (κ2) is 7.78. The largest absolute Gasteiger partial charge is 0.483 e. The van der Waals surface area contributed by atoms with Gasteiger partial charge >= 0.3 is 0 Å². The van der Waals surface area contributed by atoms with Crippen LogP contribution in [0.2, 0.25) is 0 Å². The first-order chi connectivity index (χ1) is 10.0. The summed E-state index contributed by atoms with van der Waals surface area (Å²) in [6.45, 7) is -0.250. The number of rotatable bonds is 3. The van der Waals surface area contributed by atoms with E-state index in [4.69, 9.17) is 9.90 Å². The third-order valence-corrected chi connectivity index (χ3v) is 2.60. The van der Waals surface area contributed by atoms with Crippen molar-refractivity contribution in [1.29, 1.82) is 0 Å². The molecule has 2 aromatic heterocycles. The number of hydrogen-bond donors (Lipinski definition) is 1. The minimum absolute atomic E-state index is 0.250. The zero-order chi connectivity index (χ0) is 15.8. The first kappa shape index (κ1) is 16.4. The molecule has 7 nitrogen and oxygen atoms in total. The predicted octanol–water partition coefficient (Wildman–Crippen LogP) is 1.37. The Kier molecular flexibility index (Phi) is 6.06. The van der Waals surface area contributed by atoms with Crippen LogP contribution < -0.4 is 9.80 Å². The van der Waals surface area contributed by atoms with Gasteiger partial charge in [-0.3, -0.25) is 4.79 Å². The topological polar surface area (TPSA) is 82.5 Å². The van der Waals surface area contributed by atoms with Crippen LogP contribution in [0, 0.1) is 0 Å². The normalized spacial score (nSPS) is 9.33. The Morgan fingerprint density at radius 3 is 2.33 bits per heavy atom. The number of nitrogens with zero attached hydrogens (tertiary/aromatic N) is 5. The van der Waals surface area contributed by atoms with E-state index in [-0.39, 0.29) is 6.47 Å². The van der Waals surface area contributed by atoms with Crippen LogP contribution in [0.3, 0.4) is 0 Å². The lowest BCUT2D eigenvalue weighted by molar-refractivity contribution is -0.122. The molecular formula is C14H19N5O2. The third kappa shape index (κ3) is 4.41. The lowest BCUT2D eigenvalue weighted by Crippen LogP contribution is -2.13. The Hall–Kier alpha value is -2.70. The molecule has 0 spiro atoms. The fourth-order valence-electron chi connectivity index (χ4n) is 1.69. The summed E-state index contributed by atoms with van der Waals surface area (Å²) < 4.78 is 0. The van der Waals surface area contributed by atoms with E-state index >= 15 is 0 Å². The zero-order valence-corrected chi connectivity index (χ0v) is 12.6. The molecule has 2 aromatic rings. The van der Waals surface area contributed by atoms with Crippen LogP contribution in [0.4, 0.5) is 11.6 Å². The highest BCUT2D eigenvalue weighted by Crippen LogP contribution is 2.27. The number of hydrogen-bond acceptors (Lipinski definition) is 6. The summed E-state index contributed by atoms with van der Waals surface area (Å²) >= 11 is 0. The van der Waals surface area contributed by atoms with Crippen molar-refractivity contribution < 1.29 is 9.90 Å². The van der Waals surface area contributed by atoms with Gasteiger partial charge in [0.2, 0.25) is 0 Å². The van der Waals surface area contributed by atoms with Crippen LogP contribution in [-0.4, -0.2) is 54.7 Å². The minimum Gasteiger partial charge on any atom is -0.483 e. The third-order valence-electron chi connectivity index (χ3n) is 2.60. The molecule has 0 aliphatic heterocycles. The molecule has 0 bridgehead atoms. The summed E-state index contributed by atoms with van der Waals surface area (Å²) in [7, 11) is 7.87. The molecule has 0 unspecified atom stereocenters. The van der Waals surface area contributed by atoms with E-state index in [0.717, 1.165) is 22.9 Å². The van der Waals surface area contributed by atoms with Gasteiger partial charge in [-0.25, -0.2) is 15.0 Å². The number of pyridine rings is 1. The summed E-state index contributed by atoms with van der Waals surface area (Å²) in [5.74, 6) is 1.79. The maximum Gasteiger partial charge on any atom is 0.290 e. The van der Waals surface area contributed by atoms with Gasteiger partial charge in [0.15, 0.2) is 0 Å². The molecule has 0 aromatic carbocycles. The lowest BCUT2D eigenvalue weighted by Gasteiger charge is -2.16. The molecule has 0 aliphatic rings. The SMILES string of the molecule is CN(C)c1cc(-c2cccnc2N(C)C)ncn1.O=CO. The van der Waals surface area contributed by atoms with Crippen LogP contribution in [-0.2, 0) is 4.79 Å². The first-order valence-corrected chi connectivity index (χ1v) is 6.21. The van der Waals surface area contributed by atoms with Gasteiger partial charge in [-0.05, 0) is 12.1 Å². The molecule has 2 heterocycles. The molecule has 0 saturated heterocycles. The van der Waals surface area contributed by atoms with Gasteiger partial charge in [-0.1, -0.05) is 0 Å². The van der Waals surface area contributed by atoms with Crippen molar-refractivity contribution >= 4 is 18.1 Å². The average Bonchev–Trinajstić information content (AvgIpc) is 2.48. The van der Waals surface area contributed by atoms with Crippen molar-refractivity contribution in [2.24, 2.45) is 0 Å². The molecule has 0 saturated carbocycles. The van der Waals surface area contributed by atoms with Crippen LogP contribution >= 0.6 is 0 Å². The van der Waals surface area contributed by atoms with Crippen molar-refractivity contribution in [3.05, 3.63) is 30.7 Å². The van der Waals surface area contributed by atoms with Gasteiger partial charge in [0.05, 0.1) is 5.69 Å². The Labute approximate surface area is 123 Å². The fourth-order valence-corrected chi connectivity index (χ4v) is 1.69. The number of anilines is 2. The molecule has 112 valence electrons. The minimum atomic E-state index is -0.250. The van der Waals surface area contributed by atoms with Crippen molar-refractivity contribution in [2.45, 2.75) is 0 Å². The predicted molar refractivity (Wildman–Crippen MR) is 82.6 cm³/mol. The standard InChI is InChI=1S/C13H17N5.CH2O2/c1-17(2)12-8-11(15-9-16-12)10-6-5-7-14-13(10)18(3)4;2-1-3/h5-9H,1-4H3;1H,(H,2,3). The van der Waals surface area contributed by atoms with Crippen molar-refractivity contribution in [1.82, 2.24) is 15.0 Å². The molecule has 7 heteroatoms. The van der Waals surface area contributed by atoms with Gasteiger partial charge in [0.25, 0.3) is 6.47 Å². The Balaban J connectivity index is 0.000000677. The fraction of sp³-hybridized carbons (Fsp3) is 0.286. The Bertz CT molecular complexity index is 587. The summed E-state index contributed by atoms with van der Waals surface area (Å²) in [5.41, 5.74) is 1.89. The highest BCUT2D eigenvalue weighted by atomic mass is 16.3. The monoisotopic (exact) mass is 289 g/mol. The van der Waals surface area contributed by atoms with Crippen LogP contribution in [0.25, 0.3) is 11.3 Å². The second-order valence-electron chi connectivity index (χ2n) is 4.53. The first-order valence-electron chi connectivity index (χ1n) is 6.21. The molecule has 0 radical (unpaired) electrons. The molecule has 2 rings (SSSR count). The summed E-state index contributed by atoms with van der Waals surface area (Å²) in [6, 6.07) is 5.90. The van der Waals surface area contributed by atoms with E-state index in [0.29, 0.717) is 0 Å². The Morgan fingerprint density at radius 1 is 1.10 bits per heavy atom.